The molecule has 1 nitrogen and oxygen atoms in total. The summed E-state index contributed by atoms with van der Waals surface area (Å²) in [4.78, 5) is 0. The Morgan fingerprint density at radius 3 is 2.12 bits per heavy atom. The van der Waals surface area contributed by atoms with Crippen molar-refractivity contribution in [1.29, 1.82) is 0 Å². The van der Waals surface area contributed by atoms with Gasteiger partial charge < -0.3 is 4.74 Å². The van der Waals surface area contributed by atoms with Crippen LogP contribution in [-0.2, 0) is 0 Å². The molecule has 0 saturated carbocycles. The Morgan fingerprint density at radius 1 is 1.00 bits per heavy atom. The van der Waals surface area contributed by atoms with Crippen LogP contribution in [0.15, 0.2) is 36.4 Å². The number of methoxy groups -OCH3 is 1. The number of aryl methyl sites for hydroxylation is 2. The second-order valence-electron chi connectivity index (χ2n) is 4.18. The molecule has 0 aliphatic rings. The summed E-state index contributed by atoms with van der Waals surface area (Å²) >= 11 is 0. The minimum absolute atomic E-state index is 0.912. The van der Waals surface area contributed by atoms with Gasteiger partial charge in [-0.1, -0.05) is 29.5 Å². The normalized spacial score (nSPS) is 10.4. The van der Waals surface area contributed by atoms with Crippen LogP contribution < -0.4 is 9.92 Å². The molecule has 0 unspecified atom stereocenters. The van der Waals surface area contributed by atoms with E-state index in [1.807, 2.05) is 6.07 Å². The molecule has 0 aliphatic carbocycles. The maximum Gasteiger partial charge on any atom is 0.119 e. The van der Waals surface area contributed by atoms with Crippen LogP contribution in [-0.4, -0.2) is 17.4 Å². The Morgan fingerprint density at radius 2 is 1.59 bits per heavy atom. The third-order valence-electron chi connectivity index (χ3n) is 2.94. The molecular formula is C15H15OSi. The van der Waals surface area contributed by atoms with Gasteiger partial charge >= 0.3 is 0 Å². The van der Waals surface area contributed by atoms with Crippen LogP contribution >= 0.6 is 0 Å². The summed E-state index contributed by atoms with van der Waals surface area (Å²) in [5, 5.41) is 1.11. The van der Waals surface area contributed by atoms with E-state index in [-0.39, 0.29) is 0 Å². The molecule has 0 heterocycles. The molecule has 2 aromatic carbocycles. The lowest BCUT2D eigenvalue weighted by Gasteiger charge is -2.14. The summed E-state index contributed by atoms with van der Waals surface area (Å²) < 4.78 is 5.28. The highest BCUT2D eigenvalue weighted by Gasteiger charge is 2.09. The minimum atomic E-state index is 0.912. The summed E-state index contributed by atoms with van der Waals surface area (Å²) in [6.07, 6.45) is 0. The predicted molar refractivity (Wildman–Crippen MR) is 73.3 cm³/mol. The van der Waals surface area contributed by atoms with Crippen molar-refractivity contribution >= 4 is 15.4 Å². The molecule has 3 radical (unpaired) electrons. The van der Waals surface area contributed by atoms with Crippen molar-refractivity contribution in [3.8, 4) is 16.9 Å². The fourth-order valence-electron chi connectivity index (χ4n) is 2.17. The van der Waals surface area contributed by atoms with Gasteiger partial charge in [-0.3, -0.25) is 0 Å². The topological polar surface area (TPSA) is 9.23 Å². The van der Waals surface area contributed by atoms with Crippen molar-refractivity contribution < 1.29 is 4.74 Å². The summed E-state index contributed by atoms with van der Waals surface area (Å²) in [7, 11) is 5.36. The lowest BCUT2D eigenvalue weighted by atomic mass is 9.95. The molecule has 2 heteroatoms. The zero-order chi connectivity index (χ0) is 12.4. The minimum Gasteiger partial charge on any atom is -0.497 e. The molecule has 0 aliphatic heterocycles. The maximum absolute atomic E-state index is 5.28. The van der Waals surface area contributed by atoms with E-state index in [2.05, 4.69) is 54.4 Å². The van der Waals surface area contributed by atoms with Gasteiger partial charge in [0.2, 0.25) is 0 Å². The zero-order valence-electron chi connectivity index (χ0n) is 10.4. The van der Waals surface area contributed by atoms with E-state index < -0.39 is 0 Å². The van der Waals surface area contributed by atoms with Crippen molar-refractivity contribution in [1.82, 2.24) is 0 Å². The molecule has 0 amide bonds. The van der Waals surface area contributed by atoms with Gasteiger partial charge in [0, 0.05) is 0 Å². The third kappa shape index (κ3) is 2.27. The Bertz CT molecular complexity index is 523. The monoisotopic (exact) mass is 239 g/mol. The Labute approximate surface area is 106 Å². The average Bonchev–Trinajstić information content (AvgIpc) is 2.30. The molecule has 0 bridgehead atoms. The van der Waals surface area contributed by atoms with Crippen molar-refractivity contribution in [2.45, 2.75) is 13.8 Å². The van der Waals surface area contributed by atoms with Gasteiger partial charge in [-0.2, -0.15) is 0 Å². The molecule has 0 saturated heterocycles. The van der Waals surface area contributed by atoms with Crippen molar-refractivity contribution in [2.24, 2.45) is 0 Å². The summed E-state index contributed by atoms with van der Waals surface area (Å²) in [6.45, 7) is 4.23. The maximum atomic E-state index is 5.28. The second kappa shape index (κ2) is 4.76. The van der Waals surface area contributed by atoms with Gasteiger partial charge in [0.05, 0.1) is 17.4 Å². The molecule has 0 spiro atoms. The highest BCUT2D eigenvalue weighted by atomic mass is 28.1. The van der Waals surface area contributed by atoms with Crippen LogP contribution in [0.4, 0.5) is 0 Å². The SMILES string of the molecule is COc1cc(C)c(-c2ccccc2[Si])c(C)c1. The first kappa shape index (κ1) is 11.9. The van der Waals surface area contributed by atoms with Gasteiger partial charge in [0.25, 0.3) is 0 Å². The van der Waals surface area contributed by atoms with Gasteiger partial charge in [-0.25, -0.2) is 0 Å². The molecule has 0 fully saturated rings. The molecule has 0 aromatic heterocycles. The third-order valence-corrected chi connectivity index (χ3v) is 3.37. The number of hydrogen-bond donors (Lipinski definition) is 0. The average molecular weight is 239 g/mol. The summed E-state index contributed by atoms with van der Waals surface area (Å²) in [5.74, 6) is 0.912. The fraction of sp³-hybridized carbons (Fsp3) is 0.200. The predicted octanol–water partition coefficient (Wildman–Crippen LogP) is 2.77. The first-order valence-electron chi connectivity index (χ1n) is 5.59. The van der Waals surface area contributed by atoms with E-state index >= 15 is 0 Å². The number of hydrogen-bond acceptors (Lipinski definition) is 1. The molecule has 0 atom stereocenters. The van der Waals surface area contributed by atoms with E-state index in [4.69, 9.17) is 4.74 Å². The first-order chi connectivity index (χ1) is 8.13. The van der Waals surface area contributed by atoms with Crippen molar-refractivity contribution in [2.75, 3.05) is 7.11 Å². The number of ether oxygens (including phenoxy) is 1. The standard InChI is InChI=1S/C15H15OSi/c1-10-8-12(16-3)9-11(2)15(10)13-6-4-5-7-14(13)17/h4-9H,1-3H3. The Kier molecular flexibility index (Phi) is 3.34. The van der Waals surface area contributed by atoms with E-state index in [0.717, 1.165) is 10.9 Å². The van der Waals surface area contributed by atoms with Crippen molar-refractivity contribution in [3.05, 3.63) is 47.5 Å². The van der Waals surface area contributed by atoms with Crippen LogP contribution in [0.3, 0.4) is 0 Å². The van der Waals surface area contributed by atoms with Crippen LogP contribution in [0.25, 0.3) is 11.1 Å². The molecule has 2 rings (SSSR count). The zero-order valence-corrected chi connectivity index (χ0v) is 11.4. The highest BCUT2D eigenvalue weighted by Crippen LogP contribution is 2.29. The summed E-state index contributed by atoms with van der Waals surface area (Å²) in [5.41, 5.74) is 4.96. The van der Waals surface area contributed by atoms with E-state index in [1.54, 1.807) is 7.11 Å². The molecule has 2 aromatic rings. The van der Waals surface area contributed by atoms with Gasteiger partial charge in [0.15, 0.2) is 0 Å². The molecule has 17 heavy (non-hydrogen) atoms. The lowest BCUT2D eigenvalue weighted by Crippen LogP contribution is -2.07. The number of benzene rings is 2. The highest BCUT2D eigenvalue weighted by molar-refractivity contribution is 6.36. The largest absolute Gasteiger partial charge is 0.497 e. The molecule has 85 valence electrons. The number of rotatable bonds is 2. The Hall–Kier alpha value is -1.54. The van der Waals surface area contributed by atoms with Gasteiger partial charge in [0.1, 0.15) is 5.75 Å². The van der Waals surface area contributed by atoms with Crippen LogP contribution in [0.2, 0.25) is 0 Å². The first-order valence-corrected chi connectivity index (χ1v) is 6.09. The van der Waals surface area contributed by atoms with Crippen molar-refractivity contribution in [3.63, 3.8) is 0 Å². The lowest BCUT2D eigenvalue weighted by molar-refractivity contribution is 0.414. The fourth-order valence-corrected chi connectivity index (χ4v) is 2.47. The van der Waals surface area contributed by atoms with Gasteiger partial charge in [-0.15, -0.1) is 0 Å². The van der Waals surface area contributed by atoms with E-state index in [1.165, 1.54) is 22.3 Å². The smallest absolute Gasteiger partial charge is 0.119 e. The van der Waals surface area contributed by atoms with E-state index in [9.17, 15) is 0 Å². The Balaban J connectivity index is 2.64. The van der Waals surface area contributed by atoms with Crippen LogP contribution in [0.5, 0.6) is 5.75 Å². The molecule has 0 N–H and O–H groups in total. The second-order valence-corrected chi connectivity index (χ2v) is 4.72. The van der Waals surface area contributed by atoms with E-state index in [0.29, 0.717) is 0 Å². The molecular weight excluding hydrogens is 224 g/mol. The van der Waals surface area contributed by atoms with Crippen LogP contribution in [0, 0.1) is 13.8 Å². The summed E-state index contributed by atoms with van der Waals surface area (Å²) in [6, 6.07) is 12.4. The van der Waals surface area contributed by atoms with Crippen LogP contribution in [0.1, 0.15) is 11.1 Å². The van der Waals surface area contributed by atoms with Gasteiger partial charge in [-0.05, 0) is 48.2 Å². The quantitative estimate of drug-likeness (QED) is 0.732.